The average Bonchev–Trinajstić information content (AvgIpc) is 3.38. The van der Waals surface area contributed by atoms with Crippen LogP contribution in [-0.2, 0) is 11.3 Å². The lowest BCUT2D eigenvalue weighted by Gasteiger charge is -2.35. The van der Waals surface area contributed by atoms with Crippen LogP contribution in [-0.4, -0.2) is 58.5 Å². The number of carbonyl (C=O) groups is 2. The van der Waals surface area contributed by atoms with Crippen LogP contribution < -0.4 is 5.32 Å². The van der Waals surface area contributed by atoms with E-state index >= 15 is 0 Å². The third kappa shape index (κ3) is 6.55. The Labute approximate surface area is 237 Å². The van der Waals surface area contributed by atoms with Gasteiger partial charge in [-0.1, -0.05) is 30.3 Å². The number of rotatable bonds is 6. The average molecular weight is 557 g/mol. The molecule has 0 spiro atoms. The molecule has 0 bridgehead atoms. The highest BCUT2D eigenvalue weighted by Crippen LogP contribution is 2.35. The van der Waals surface area contributed by atoms with E-state index in [-0.39, 0.29) is 17.3 Å². The smallest absolute Gasteiger partial charge is 0.410 e. The molecule has 0 saturated carbocycles. The lowest BCUT2D eigenvalue weighted by atomic mass is 10.1. The minimum atomic E-state index is -0.530. The van der Waals surface area contributed by atoms with Crippen molar-refractivity contribution in [1.29, 1.82) is 0 Å². The summed E-state index contributed by atoms with van der Waals surface area (Å²) in [7, 11) is 0. The van der Waals surface area contributed by atoms with Crippen molar-refractivity contribution in [2.24, 2.45) is 0 Å². The molecule has 4 aromatic rings. The number of benzene rings is 3. The number of ether oxygens (including phenoxy) is 1. The summed E-state index contributed by atoms with van der Waals surface area (Å²) in [6, 6.07) is 20.8. The highest BCUT2D eigenvalue weighted by molar-refractivity contribution is 6.06. The number of amides is 2. The Morgan fingerprint density at radius 1 is 0.976 bits per heavy atom. The first-order chi connectivity index (χ1) is 19.6. The van der Waals surface area contributed by atoms with E-state index in [1.807, 2.05) is 51.1 Å². The summed E-state index contributed by atoms with van der Waals surface area (Å²) in [5, 5.41) is 15.0. The lowest BCUT2D eigenvalue weighted by Crippen LogP contribution is -2.49. The van der Waals surface area contributed by atoms with Crippen LogP contribution in [0.4, 0.5) is 16.2 Å². The SMILES string of the molecule is CC(C)(C)OC(=O)N1CCN(Cc2cccc3oc(-c4ccccc4NC(=O)c4cccc([N+](=O)[O-])c4)cc23)CC1. The molecule has 2 heterocycles. The molecule has 212 valence electrons. The normalized spacial score (nSPS) is 14.2. The number of nitro groups is 1. The van der Waals surface area contributed by atoms with Crippen LogP contribution in [0.3, 0.4) is 0 Å². The van der Waals surface area contributed by atoms with Crippen molar-refractivity contribution in [3.8, 4) is 11.3 Å². The Bertz CT molecular complexity index is 1600. The third-order valence-corrected chi connectivity index (χ3v) is 6.83. The maximum absolute atomic E-state index is 13.0. The van der Waals surface area contributed by atoms with E-state index in [0.29, 0.717) is 36.6 Å². The molecule has 1 N–H and O–H groups in total. The summed E-state index contributed by atoms with van der Waals surface area (Å²) < 4.78 is 11.7. The summed E-state index contributed by atoms with van der Waals surface area (Å²) in [4.78, 5) is 40.0. The number of hydrogen-bond donors (Lipinski definition) is 1. The molecular formula is C31H32N4O6. The van der Waals surface area contributed by atoms with Gasteiger partial charge in [0.25, 0.3) is 11.6 Å². The number of para-hydroxylation sites is 1. The van der Waals surface area contributed by atoms with Crippen LogP contribution in [0.2, 0.25) is 0 Å². The zero-order chi connectivity index (χ0) is 29.1. The molecule has 41 heavy (non-hydrogen) atoms. The fourth-order valence-electron chi connectivity index (χ4n) is 4.81. The Morgan fingerprint density at radius 2 is 1.71 bits per heavy atom. The van der Waals surface area contributed by atoms with Crippen LogP contribution in [0.25, 0.3) is 22.3 Å². The van der Waals surface area contributed by atoms with E-state index in [1.54, 1.807) is 17.0 Å². The zero-order valence-corrected chi connectivity index (χ0v) is 23.3. The second-order valence-corrected chi connectivity index (χ2v) is 11.0. The predicted molar refractivity (Wildman–Crippen MR) is 156 cm³/mol. The van der Waals surface area contributed by atoms with Gasteiger partial charge >= 0.3 is 6.09 Å². The monoisotopic (exact) mass is 556 g/mol. The number of hydrogen-bond acceptors (Lipinski definition) is 7. The van der Waals surface area contributed by atoms with Gasteiger partial charge in [-0.25, -0.2) is 4.79 Å². The lowest BCUT2D eigenvalue weighted by molar-refractivity contribution is -0.384. The molecule has 5 rings (SSSR count). The first-order valence-electron chi connectivity index (χ1n) is 13.4. The summed E-state index contributed by atoms with van der Waals surface area (Å²) in [6.07, 6.45) is -0.282. The van der Waals surface area contributed by atoms with Gasteiger partial charge in [-0.05, 0) is 56.7 Å². The van der Waals surface area contributed by atoms with E-state index in [2.05, 4.69) is 16.3 Å². The van der Waals surface area contributed by atoms with Crippen molar-refractivity contribution in [2.45, 2.75) is 32.9 Å². The largest absolute Gasteiger partial charge is 0.456 e. The maximum Gasteiger partial charge on any atom is 0.410 e. The van der Waals surface area contributed by atoms with Crippen molar-refractivity contribution < 1.29 is 23.7 Å². The summed E-state index contributed by atoms with van der Waals surface area (Å²) in [5.74, 6) is 0.139. The molecule has 1 aromatic heterocycles. The molecule has 0 radical (unpaired) electrons. The molecule has 1 fully saturated rings. The molecule has 0 aliphatic carbocycles. The molecule has 1 aliphatic rings. The zero-order valence-electron chi connectivity index (χ0n) is 23.3. The first-order valence-corrected chi connectivity index (χ1v) is 13.4. The van der Waals surface area contributed by atoms with Gasteiger partial charge in [0, 0.05) is 61.4 Å². The molecule has 10 heteroatoms. The van der Waals surface area contributed by atoms with Gasteiger partial charge in [0.05, 0.1) is 10.6 Å². The number of furan rings is 1. The van der Waals surface area contributed by atoms with Gasteiger partial charge in [-0.15, -0.1) is 0 Å². The van der Waals surface area contributed by atoms with Crippen LogP contribution in [0.15, 0.2) is 77.2 Å². The number of piperazine rings is 1. The van der Waals surface area contributed by atoms with Gasteiger partial charge in [0.2, 0.25) is 0 Å². The van der Waals surface area contributed by atoms with E-state index in [4.69, 9.17) is 9.15 Å². The Hall–Kier alpha value is -4.70. The van der Waals surface area contributed by atoms with Crippen LogP contribution in [0.1, 0.15) is 36.7 Å². The minimum Gasteiger partial charge on any atom is -0.456 e. The topological polar surface area (TPSA) is 118 Å². The Morgan fingerprint density at radius 3 is 2.44 bits per heavy atom. The van der Waals surface area contributed by atoms with Crippen LogP contribution in [0.5, 0.6) is 0 Å². The molecule has 1 saturated heterocycles. The number of nitrogens with one attached hydrogen (secondary N) is 1. The number of nitro benzene ring substituents is 1. The summed E-state index contributed by atoms with van der Waals surface area (Å²) in [5.41, 5.74) is 2.56. The second kappa shape index (κ2) is 11.4. The van der Waals surface area contributed by atoms with Crippen LogP contribution >= 0.6 is 0 Å². The van der Waals surface area contributed by atoms with E-state index < -0.39 is 16.4 Å². The van der Waals surface area contributed by atoms with Gasteiger partial charge in [0.1, 0.15) is 16.9 Å². The van der Waals surface area contributed by atoms with E-state index in [1.165, 1.54) is 24.3 Å². The fourth-order valence-corrected chi connectivity index (χ4v) is 4.81. The summed E-state index contributed by atoms with van der Waals surface area (Å²) >= 11 is 0. The van der Waals surface area contributed by atoms with Crippen molar-refractivity contribution in [2.75, 3.05) is 31.5 Å². The number of anilines is 1. The Kier molecular flexibility index (Phi) is 7.76. The van der Waals surface area contributed by atoms with Crippen LogP contribution in [0, 0.1) is 10.1 Å². The van der Waals surface area contributed by atoms with Crippen molar-refractivity contribution in [1.82, 2.24) is 9.80 Å². The van der Waals surface area contributed by atoms with Crippen molar-refractivity contribution in [3.63, 3.8) is 0 Å². The molecule has 2 amide bonds. The predicted octanol–water partition coefficient (Wildman–Crippen LogP) is 6.31. The molecule has 1 aliphatic heterocycles. The van der Waals surface area contributed by atoms with E-state index in [0.717, 1.165) is 29.6 Å². The molecule has 10 nitrogen and oxygen atoms in total. The van der Waals surface area contributed by atoms with Gasteiger partial charge in [-0.3, -0.25) is 19.8 Å². The Balaban J connectivity index is 1.32. The maximum atomic E-state index is 13.0. The third-order valence-electron chi connectivity index (χ3n) is 6.83. The molecule has 3 aromatic carbocycles. The fraction of sp³-hybridized carbons (Fsp3) is 0.290. The number of nitrogens with zero attached hydrogens (tertiary/aromatic N) is 3. The van der Waals surface area contributed by atoms with Crippen molar-refractivity contribution >= 4 is 34.3 Å². The van der Waals surface area contributed by atoms with Crippen molar-refractivity contribution in [3.05, 3.63) is 94.0 Å². The second-order valence-electron chi connectivity index (χ2n) is 11.0. The highest BCUT2D eigenvalue weighted by atomic mass is 16.6. The minimum absolute atomic E-state index is 0.151. The number of fused-ring (bicyclic) bond motifs is 1. The first kappa shape index (κ1) is 27.9. The molecule has 0 atom stereocenters. The van der Waals surface area contributed by atoms with Gasteiger partial charge < -0.3 is 19.4 Å². The highest BCUT2D eigenvalue weighted by Gasteiger charge is 2.26. The van der Waals surface area contributed by atoms with E-state index in [9.17, 15) is 19.7 Å². The molecular weight excluding hydrogens is 524 g/mol. The van der Waals surface area contributed by atoms with Gasteiger partial charge in [-0.2, -0.15) is 0 Å². The summed E-state index contributed by atoms with van der Waals surface area (Å²) in [6.45, 7) is 8.95. The molecule has 0 unspecified atom stereocenters. The van der Waals surface area contributed by atoms with Gasteiger partial charge in [0.15, 0.2) is 0 Å². The number of carbonyl (C=O) groups excluding carboxylic acids is 2. The number of non-ortho nitro benzene ring substituents is 1. The quantitative estimate of drug-likeness (QED) is 0.218. The standard InChI is InChI=1S/C31H32N4O6/c1-31(2,3)41-30(37)34-16-14-33(15-17-34)20-22-9-7-13-27-25(22)19-28(40-27)24-11-4-5-12-26(24)32-29(36)21-8-6-10-23(18-21)35(38)39/h4-13,18-19H,14-17,20H2,1-3H3,(H,32,36).